The summed E-state index contributed by atoms with van der Waals surface area (Å²) >= 11 is 3.40. The third-order valence-electron chi connectivity index (χ3n) is 3.36. The van der Waals surface area contributed by atoms with Gasteiger partial charge >= 0.3 is 0 Å². The number of aryl methyl sites for hydroxylation is 1. The summed E-state index contributed by atoms with van der Waals surface area (Å²) in [5.74, 6) is 0.462. The molecule has 126 valence electrons. The minimum Gasteiger partial charge on any atom is -0.496 e. The fourth-order valence-electron chi connectivity index (χ4n) is 2.12. The summed E-state index contributed by atoms with van der Waals surface area (Å²) < 4.78 is 6.17. The maximum Gasteiger partial charge on any atom is 0.262 e. The molecule has 1 atom stereocenters. The van der Waals surface area contributed by atoms with Crippen LogP contribution in [0, 0.1) is 6.92 Å². The first-order valence-electron chi connectivity index (χ1n) is 7.49. The second kappa shape index (κ2) is 8.49. The van der Waals surface area contributed by atoms with Crippen LogP contribution in [0.25, 0.3) is 0 Å². The Morgan fingerprint density at radius 1 is 1.29 bits per heavy atom. The lowest BCUT2D eigenvalue weighted by molar-refractivity contribution is -0.121. The average molecular weight is 390 g/mol. The van der Waals surface area contributed by atoms with Crippen molar-refractivity contribution in [3.63, 3.8) is 0 Å². The van der Waals surface area contributed by atoms with Gasteiger partial charge in [0.2, 0.25) is 0 Å². The topological polar surface area (TPSA) is 62.7 Å². The minimum atomic E-state index is -0.409. The van der Waals surface area contributed by atoms with Crippen molar-refractivity contribution in [2.45, 2.75) is 19.9 Å². The lowest BCUT2D eigenvalue weighted by Crippen LogP contribution is -2.34. The summed E-state index contributed by atoms with van der Waals surface area (Å²) in [5, 5.41) is 7.15. The summed E-state index contributed by atoms with van der Waals surface area (Å²) in [6.07, 6.45) is 1.56. The number of ether oxygens (including phenoxy) is 1. The molecule has 0 aromatic heterocycles. The van der Waals surface area contributed by atoms with Crippen molar-refractivity contribution in [2.24, 2.45) is 5.10 Å². The molecule has 0 aliphatic carbocycles. The van der Waals surface area contributed by atoms with Gasteiger partial charge in [0.25, 0.3) is 5.91 Å². The van der Waals surface area contributed by atoms with Crippen molar-refractivity contribution in [3.05, 3.63) is 58.1 Å². The average Bonchev–Trinajstić information content (AvgIpc) is 2.55. The molecule has 5 nitrogen and oxygen atoms in total. The number of nitrogens with zero attached hydrogens (tertiary/aromatic N) is 1. The molecule has 0 aliphatic rings. The van der Waals surface area contributed by atoms with E-state index in [1.165, 1.54) is 0 Å². The molecular formula is C18H20BrN3O2. The van der Waals surface area contributed by atoms with Crippen LogP contribution in [0.3, 0.4) is 0 Å². The highest BCUT2D eigenvalue weighted by Gasteiger charge is 2.11. The highest BCUT2D eigenvalue weighted by molar-refractivity contribution is 9.10. The summed E-state index contributed by atoms with van der Waals surface area (Å²) in [4.78, 5) is 12.1. The summed E-state index contributed by atoms with van der Waals surface area (Å²) in [5.41, 5.74) is 5.33. The van der Waals surface area contributed by atoms with Gasteiger partial charge in [0.15, 0.2) is 0 Å². The van der Waals surface area contributed by atoms with Crippen LogP contribution in [0.1, 0.15) is 18.1 Å². The molecule has 0 bridgehead atoms. The van der Waals surface area contributed by atoms with E-state index in [1.807, 2.05) is 49.4 Å². The first kappa shape index (κ1) is 18.0. The largest absolute Gasteiger partial charge is 0.496 e. The SMILES string of the molecule is COc1ccc(Br)cc1/C=N\NC(=O)C(C)Nc1cccc(C)c1. The van der Waals surface area contributed by atoms with Gasteiger partial charge in [0, 0.05) is 15.7 Å². The van der Waals surface area contributed by atoms with Gasteiger partial charge in [-0.15, -0.1) is 0 Å². The minimum absolute atomic E-state index is 0.221. The van der Waals surface area contributed by atoms with Crippen molar-refractivity contribution in [2.75, 3.05) is 12.4 Å². The Morgan fingerprint density at radius 2 is 2.08 bits per heavy atom. The molecule has 0 aliphatic heterocycles. The number of rotatable bonds is 6. The van der Waals surface area contributed by atoms with Crippen molar-refractivity contribution in [3.8, 4) is 5.75 Å². The summed E-state index contributed by atoms with van der Waals surface area (Å²) in [6.45, 7) is 3.79. The second-order valence-electron chi connectivity index (χ2n) is 5.36. The van der Waals surface area contributed by atoms with Gasteiger partial charge in [0.05, 0.1) is 13.3 Å². The number of carbonyl (C=O) groups is 1. The number of nitrogens with one attached hydrogen (secondary N) is 2. The van der Waals surface area contributed by atoms with E-state index < -0.39 is 6.04 Å². The highest BCUT2D eigenvalue weighted by atomic mass is 79.9. The Kier molecular flexibility index (Phi) is 6.37. The van der Waals surface area contributed by atoms with Crippen LogP contribution in [0.2, 0.25) is 0 Å². The zero-order valence-electron chi connectivity index (χ0n) is 13.8. The van der Waals surface area contributed by atoms with Crippen LogP contribution in [0.4, 0.5) is 5.69 Å². The number of hydrazone groups is 1. The predicted molar refractivity (Wildman–Crippen MR) is 101 cm³/mol. The Labute approximate surface area is 150 Å². The van der Waals surface area contributed by atoms with Gasteiger partial charge in [-0.05, 0) is 49.7 Å². The van der Waals surface area contributed by atoms with Crippen molar-refractivity contribution in [1.82, 2.24) is 5.43 Å². The Morgan fingerprint density at radius 3 is 2.79 bits per heavy atom. The first-order valence-corrected chi connectivity index (χ1v) is 8.28. The van der Waals surface area contributed by atoms with Crippen LogP contribution in [-0.4, -0.2) is 25.3 Å². The van der Waals surface area contributed by atoms with Gasteiger partial charge in [-0.25, -0.2) is 5.43 Å². The number of anilines is 1. The van der Waals surface area contributed by atoms with E-state index in [0.29, 0.717) is 5.75 Å². The van der Waals surface area contributed by atoms with Crippen LogP contribution in [0.15, 0.2) is 52.0 Å². The van der Waals surface area contributed by atoms with Crippen molar-refractivity contribution >= 4 is 33.7 Å². The number of hydrogen-bond acceptors (Lipinski definition) is 4. The van der Waals surface area contributed by atoms with Gasteiger partial charge < -0.3 is 10.1 Å². The fraction of sp³-hybridized carbons (Fsp3) is 0.222. The molecule has 2 aromatic carbocycles. The van der Waals surface area contributed by atoms with E-state index in [1.54, 1.807) is 20.2 Å². The highest BCUT2D eigenvalue weighted by Crippen LogP contribution is 2.21. The number of methoxy groups -OCH3 is 1. The number of hydrogen-bond donors (Lipinski definition) is 2. The van der Waals surface area contributed by atoms with Crippen LogP contribution in [-0.2, 0) is 4.79 Å². The fourth-order valence-corrected chi connectivity index (χ4v) is 2.50. The first-order chi connectivity index (χ1) is 11.5. The summed E-state index contributed by atoms with van der Waals surface area (Å²) in [6, 6.07) is 13.0. The van der Waals surface area contributed by atoms with Gasteiger partial charge in [0.1, 0.15) is 11.8 Å². The molecular weight excluding hydrogens is 370 g/mol. The van der Waals surface area contributed by atoms with Gasteiger partial charge in [-0.2, -0.15) is 5.10 Å². The van der Waals surface area contributed by atoms with Crippen LogP contribution >= 0.6 is 15.9 Å². The quantitative estimate of drug-likeness (QED) is 0.584. The molecule has 0 spiro atoms. The molecule has 1 unspecified atom stereocenters. The maximum atomic E-state index is 12.1. The van der Waals surface area contributed by atoms with E-state index in [0.717, 1.165) is 21.3 Å². The molecule has 0 fully saturated rings. The molecule has 24 heavy (non-hydrogen) atoms. The van der Waals surface area contributed by atoms with E-state index in [-0.39, 0.29) is 5.91 Å². The number of carbonyl (C=O) groups excluding carboxylic acids is 1. The monoisotopic (exact) mass is 389 g/mol. The van der Waals surface area contributed by atoms with E-state index in [4.69, 9.17) is 4.74 Å². The molecule has 0 heterocycles. The molecule has 2 aromatic rings. The Balaban J connectivity index is 1.96. The summed E-state index contributed by atoms with van der Waals surface area (Å²) in [7, 11) is 1.59. The van der Waals surface area contributed by atoms with Crippen LogP contribution < -0.4 is 15.5 Å². The van der Waals surface area contributed by atoms with E-state index in [9.17, 15) is 4.79 Å². The Bertz CT molecular complexity index is 747. The molecule has 1 amide bonds. The van der Waals surface area contributed by atoms with Crippen molar-refractivity contribution in [1.29, 1.82) is 0 Å². The molecule has 2 N–H and O–H groups in total. The van der Waals surface area contributed by atoms with Gasteiger partial charge in [-0.1, -0.05) is 28.1 Å². The molecule has 6 heteroatoms. The number of amides is 1. The third kappa shape index (κ3) is 5.09. The van der Waals surface area contributed by atoms with E-state index >= 15 is 0 Å². The molecule has 0 saturated carbocycles. The Hall–Kier alpha value is -2.34. The standard InChI is InChI=1S/C18H20BrN3O2/c1-12-5-4-6-16(9-12)21-13(2)18(23)22-20-11-14-10-15(19)7-8-17(14)24-3/h4-11,13,21H,1-3H3,(H,22,23)/b20-11-. The van der Waals surface area contributed by atoms with Gasteiger partial charge in [-0.3, -0.25) is 4.79 Å². The van der Waals surface area contributed by atoms with Crippen molar-refractivity contribution < 1.29 is 9.53 Å². The zero-order valence-corrected chi connectivity index (χ0v) is 15.4. The lowest BCUT2D eigenvalue weighted by Gasteiger charge is -2.13. The smallest absolute Gasteiger partial charge is 0.262 e. The number of benzene rings is 2. The second-order valence-corrected chi connectivity index (χ2v) is 6.27. The predicted octanol–water partition coefficient (Wildman–Crippen LogP) is 3.72. The number of halogens is 1. The maximum absolute atomic E-state index is 12.1. The third-order valence-corrected chi connectivity index (χ3v) is 3.86. The molecule has 0 saturated heterocycles. The zero-order chi connectivity index (χ0) is 17.5. The normalized spacial score (nSPS) is 12.0. The lowest BCUT2D eigenvalue weighted by atomic mass is 10.2. The van der Waals surface area contributed by atoms with E-state index in [2.05, 4.69) is 31.8 Å². The molecule has 0 radical (unpaired) electrons. The molecule has 2 rings (SSSR count). The van der Waals surface area contributed by atoms with Crippen LogP contribution in [0.5, 0.6) is 5.75 Å².